The molecule has 0 saturated heterocycles. The van der Waals surface area contributed by atoms with Gasteiger partial charge in [-0.1, -0.05) is 36.4 Å². The minimum atomic E-state index is -0.267. The van der Waals surface area contributed by atoms with Crippen molar-refractivity contribution in [3.63, 3.8) is 0 Å². The van der Waals surface area contributed by atoms with Gasteiger partial charge in [0, 0.05) is 17.9 Å². The number of allylic oxidation sites excluding steroid dienone is 1. The first kappa shape index (κ1) is 14.9. The maximum atomic E-state index is 11.8. The molecule has 1 heterocycles. The van der Waals surface area contributed by atoms with E-state index in [1.165, 1.54) is 25.5 Å². The Morgan fingerprint density at radius 2 is 1.95 bits per heavy atom. The van der Waals surface area contributed by atoms with Crippen LogP contribution in [0.15, 0.2) is 53.3 Å². The van der Waals surface area contributed by atoms with E-state index in [9.17, 15) is 4.79 Å². The molecule has 0 N–H and O–H groups in total. The summed E-state index contributed by atoms with van der Waals surface area (Å²) in [4.78, 5) is 11.8. The molecule has 2 atom stereocenters. The summed E-state index contributed by atoms with van der Waals surface area (Å²) in [5.41, 5.74) is 3.18. The fourth-order valence-electron chi connectivity index (χ4n) is 3.40. The first-order valence-corrected chi connectivity index (χ1v) is 7.91. The Labute approximate surface area is 131 Å². The van der Waals surface area contributed by atoms with Gasteiger partial charge in [0.05, 0.1) is 12.9 Å². The zero-order chi connectivity index (χ0) is 15.5. The molecule has 116 valence electrons. The standard InChI is InChI=1S/C19H22O3/c1-13(19(20)21-2)12-16-15-10-6-7-11-17(15)22-18(16)14-8-4-3-5-9-14/h3-5,8-9,12,16,18H,6-7,10-11H2,1-2H3/b13-12+/t16-,18-/m1/s1. The van der Waals surface area contributed by atoms with Gasteiger partial charge in [-0.25, -0.2) is 4.79 Å². The molecule has 0 spiro atoms. The molecular weight excluding hydrogens is 276 g/mol. The van der Waals surface area contributed by atoms with Crippen LogP contribution in [0.4, 0.5) is 0 Å². The number of esters is 1. The monoisotopic (exact) mass is 298 g/mol. The van der Waals surface area contributed by atoms with E-state index in [0.717, 1.165) is 24.2 Å². The van der Waals surface area contributed by atoms with Crippen molar-refractivity contribution in [2.24, 2.45) is 5.92 Å². The summed E-state index contributed by atoms with van der Waals surface area (Å²) in [5.74, 6) is 1.01. The van der Waals surface area contributed by atoms with Crippen molar-refractivity contribution in [3.8, 4) is 0 Å². The van der Waals surface area contributed by atoms with Crippen LogP contribution < -0.4 is 0 Å². The van der Waals surface area contributed by atoms with Crippen LogP contribution in [-0.4, -0.2) is 13.1 Å². The lowest BCUT2D eigenvalue weighted by Crippen LogP contribution is -2.12. The zero-order valence-electron chi connectivity index (χ0n) is 13.2. The number of hydrogen-bond acceptors (Lipinski definition) is 3. The average Bonchev–Trinajstić information content (AvgIpc) is 2.93. The molecule has 3 heteroatoms. The zero-order valence-corrected chi connectivity index (χ0v) is 13.2. The molecule has 2 aliphatic rings. The van der Waals surface area contributed by atoms with Gasteiger partial charge in [0.15, 0.2) is 0 Å². The molecule has 3 nitrogen and oxygen atoms in total. The quantitative estimate of drug-likeness (QED) is 0.616. The smallest absolute Gasteiger partial charge is 0.333 e. The summed E-state index contributed by atoms with van der Waals surface area (Å²) < 4.78 is 11.1. The molecular formula is C19H22O3. The minimum Gasteiger partial charge on any atom is -0.489 e. The number of carbonyl (C=O) groups excluding carboxylic acids is 1. The van der Waals surface area contributed by atoms with Crippen molar-refractivity contribution < 1.29 is 14.3 Å². The SMILES string of the molecule is COC(=O)/C(C)=C/[C@@H]1C2=C(CCCC2)O[C@@H]1c1ccccc1. The van der Waals surface area contributed by atoms with E-state index in [2.05, 4.69) is 12.1 Å². The van der Waals surface area contributed by atoms with Crippen LogP contribution >= 0.6 is 0 Å². The average molecular weight is 298 g/mol. The first-order valence-electron chi connectivity index (χ1n) is 7.91. The Morgan fingerprint density at radius 1 is 1.23 bits per heavy atom. The van der Waals surface area contributed by atoms with E-state index in [4.69, 9.17) is 9.47 Å². The molecule has 0 radical (unpaired) electrons. The van der Waals surface area contributed by atoms with E-state index in [0.29, 0.717) is 5.57 Å². The second-order valence-electron chi connectivity index (χ2n) is 5.97. The Morgan fingerprint density at radius 3 is 2.68 bits per heavy atom. The van der Waals surface area contributed by atoms with Crippen molar-refractivity contribution in [2.75, 3.05) is 7.11 Å². The van der Waals surface area contributed by atoms with Gasteiger partial charge in [-0.3, -0.25) is 0 Å². The lowest BCUT2D eigenvalue weighted by Gasteiger charge is -2.19. The van der Waals surface area contributed by atoms with Crippen molar-refractivity contribution >= 4 is 5.97 Å². The highest BCUT2D eigenvalue weighted by Gasteiger charge is 2.37. The van der Waals surface area contributed by atoms with Gasteiger partial charge in [-0.2, -0.15) is 0 Å². The highest BCUT2D eigenvalue weighted by atomic mass is 16.5. The van der Waals surface area contributed by atoms with Crippen molar-refractivity contribution in [3.05, 3.63) is 58.9 Å². The maximum Gasteiger partial charge on any atom is 0.333 e. The second-order valence-corrected chi connectivity index (χ2v) is 5.97. The predicted molar refractivity (Wildman–Crippen MR) is 85.0 cm³/mol. The summed E-state index contributed by atoms with van der Waals surface area (Å²) in [7, 11) is 1.42. The second kappa shape index (κ2) is 6.39. The predicted octanol–water partition coefficient (Wildman–Crippen LogP) is 4.32. The van der Waals surface area contributed by atoms with Crippen molar-refractivity contribution in [1.82, 2.24) is 0 Å². The molecule has 0 fully saturated rings. The van der Waals surface area contributed by atoms with Crippen LogP contribution in [-0.2, 0) is 14.3 Å². The molecule has 22 heavy (non-hydrogen) atoms. The minimum absolute atomic E-state index is 0.0242. The fraction of sp³-hybridized carbons (Fsp3) is 0.421. The Balaban J connectivity index is 1.95. The van der Waals surface area contributed by atoms with E-state index in [-0.39, 0.29) is 18.0 Å². The number of rotatable bonds is 3. The van der Waals surface area contributed by atoms with Gasteiger partial charge in [0.2, 0.25) is 0 Å². The van der Waals surface area contributed by atoms with Crippen LogP contribution in [0.25, 0.3) is 0 Å². The van der Waals surface area contributed by atoms with Gasteiger partial charge >= 0.3 is 5.97 Å². The largest absolute Gasteiger partial charge is 0.489 e. The molecule has 0 bridgehead atoms. The topological polar surface area (TPSA) is 35.5 Å². The lowest BCUT2D eigenvalue weighted by molar-refractivity contribution is -0.136. The van der Waals surface area contributed by atoms with Crippen molar-refractivity contribution in [1.29, 1.82) is 0 Å². The van der Waals surface area contributed by atoms with Gasteiger partial charge in [-0.15, -0.1) is 0 Å². The molecule has 0 aromatic heterocycles. The van der Waals surface area contributed by atoms with Crippen molar-refractivity contribution in [2.45, 2.75) is 38.7 Å². The van der Waals surface area contributed by atoms with Gasteiger partial charge in [0.25, 0.3) is 0 Å². The highest BCUT2D eigenvalue weighted by Crippen LogP contribution is 2.47. The van der Waals surface area contributed by atoms with Crippen LogP contribution in [0, 0.1) is 5.92 Å². The van der Waals surface area contributed by atoms with Gasteiger partial charge < -0.3 is 9.47 Å². The highest BCUT2D eigenvalue weighted by molar-refractivity contribution is 5.87. The summed E-state index contributed by atoms with van der Waals surface area (Å²) in [6.45, 7) is 1.81. The number of hydrogen-bond donors (Lipinski definition) is 0. The van der Waals surface area contributed by atoms with Crippen LogP contribution in [0.2, 0.25) is 0 Å². The normalized spacial score (nSPS) is 24.7. The van der Waals surface area contributed by atoms with Crippen LogP contribution in [0.1, 0.15) is 44.3 Å². The van der Waals surface area contributed by atoms with Gasteiger partial charge in [-0.05, 0) is 37.3 Å². The Hall–Kier alpha value is -2.03. The van der Waals surface area contributed by atoms with E-state index in [1.807, 2.05) is 31.2 Å². The van der Waals surface area contributed by atoms with Crippen LogP contribution in [0.3, 0.4) is 0 Å². The summed E-state index contributed by atoms with van der Waals surface area (Å²) in [5, 5.41) is 0. The maximum absolute atomic E-state index is 11.8. The third-order valence-corrected chi connectivity index (χ3v) is 4.52. The third-order valence-electron chi connectivity index (χ3n) is 4.52. The number of carbonyl (C=O) groups is 1. The van der Waals surface area contributed by atoms with E-state index in [1.54, 1.807) is 0 Å². The molecule has 1 aromatic rings. The Bertz CT molecular complexity index is 613. The lowest BCUT2D eigenvalue weighted by atomic mass is 9.84. The number of methoxy groups -OCH3 is 1. The number of ether oxygens (including phenoxy) is 2. The molecule has 1 aliphatic heterocycles. The fourth-order valence-corrected chi connectivity index (χ4v) is 3.40. The molecule has 0 unspecified atom stereocenters. The molecule has 1 aliphatic carbocycles. The molecule has 0 amide bonds. The van der Waals surface area contributed by atoms with E-state index < -0.39 is 0 Å². The Kier molecular flexibility index (Phi) is 4.32. The number of benzene rings is 1. The molecule has 0 saturated carbocycles. The first-order chi connectivity index (χ1) is 10.7. The van der Waals surface area contributed by atoms with Gasteiger partial charge in [0.1, 0.15) is 6.10 Å². The summed E-state index contributed by atoms with van der Waals surface area (Å²) >= 11 is 0. The van der Waals surface area contributed by atoms with Crippen LogP contribution in [0.5, 0.6) is 0 Å². The third kappa shape index (κ3) is 2.80. The summed E-state index contributed by atoms with van der Waals surface area (Å²) in [6, 6.07) is 10.3. The summed E-state index contributed by atoms with van der Waals surface area (Å²) in [6.07, 6.45) is 6.47. The molecule has 3 rings (SSSR count). The molecule has 1 aromatic carbocycles. The van der Waals surface area contributed by atoms with E-state index >= 15 is 0 Å².